The SMILES string of the molecule is O=C1CCCC/C1=N\Nc1ccccc1Br. The summed E-state index contributed by atoms with van der Waals surface area (Å²) in [5.41, 5.74) is 4.48. The first-order valence-corrected chi connectivity index (χ1v) is 6.17. The number of nitrogens with one attached hydrogen (secondary N) is 1. The number of para-hydroxylation sites is 1. The van der Waals surface area contributed by atoms with Gasteiger partial charge in [-0.05, 0) is 47.3 Å². The second kappa shape index (κ2) is 5.25. The molecule has 16 heavy (non-hydrogen) atoms. The van der Waals surface area contributed by atoms with Crippen molar-refractivity contribution in [1.29, 1.82) is 0 Å². The predicted octanol–water partition coefficient (Wildman–Crippen LogP) is 3.36. The number of rotatable bonds is 2. The number of carbonyl (C=O) groups is 1. The molecule has 1 aliphatic carbocycles. The van der Waals surface area contributed by atoms with Gasteiger partial charge in [-0.3, -0.25) is 10.2 Å². The first-order chi connectivity index (χ1) is 7.77. The number of benzene rings is 1. The Hall–Kier alpha value is -1.16. The largest absolute Gasteiger partial charge is 0.293 e. The molecule has 1 fully saturated rings. The number of hydrazone groups is 1. The first-order valence-electron chi connectivity index (χ1n) is 5.37. The van der Waals surface area contributed by atoms with E-state index in [1.807, 2.05) is 24.3 Å². The molecule has 4 heteroatoms. The summed E-state index contributed by atoms with van der Waals surface area (Å²) < 4.78 is 0.947. The van der Waals surface area contributed by atoms with E-state index in [1.165, 1.54) is 0 Å². The van der Waals surface area contributed by atoms with Crippen LogP contribution in [-0.2, 0) is 4.79 Å². The van der Waals surface area contributed by atoms with E-state index >= 15 is 0 Å². The highest BCUT2D eigenvalue weighted by Gasteiger charge is 2.16. The standard InChI is InChI=1S/C12H13BrN2O/c13-9-5-1-2-6-10(9)14-15-11-7-3-4-8-12(11)16/h1-2,5-6,14H,3-4,7-8H2/b15-11+. The second-order valence-corrected chi connectivity index (χ2v) is 4.63. The van der Waals surface area contributed by atoms with E-state index in [9.17, 15) is 4.79 Å². The maximum absolute atomic E-state index is 11.5. The molecule has 0 amide bonds. The maximum Gasteiger partial charge on any atom is 0.178 e. The number of hydrogen-bond donors (Lipinski definition) is 1. The zero-order valence-electron chi connectivity index (χ0n) is 8.87. The van der Waals surface area contributed by atoms with Crippen molar-refractivity contribution in [2.45, 2.75) is 25.7 Å². The third kappa shape index (κ3) is 2.70. The molecule has 0 atom stereocenters. The Balaban J connectivity index is 2.08. The quantitative estimate of drug-likeness (QED) is 0.844. The second-order valence-electron chi connectivity index (χ2n) is 3.78. The van der Waals surface area contributed by atoms with Crippen LogP contribution in [0.25, 0.3) is 0 Å². The molecule has 0 unspecified atom stereocenters. The molecule has 0 spiro atoms. The molecule has 1 N–H and O–H groups in total. The lowest BCUT2D eigenvalue weighted by Crippen LogP contribution is -2.19. The third-order valence-corrected chi connectivity index (χ3v) is 3.27. The van der Waals surface area contributed by atoms with Gasteiger partial charge in [-0.2, -0.15) is 5.10 Å². The number of carbonyl (C=O) groups excluding carboxylic acids is 1. The molecular formula is C12H13BrN2O. The lowest BCUT2D eigenvalue weighted by atomic mass is 9.97. The zero-order valence-corrected chi connectivity index (χ0v) is 10.5. The van der Waals surface area contributed by atoms with Gasteiger partial charge in [-0.15, -0.1) is 0 Å². The molecule has 1 saturated carbocycles. The van der Waals surface area contributed by atoms with Gasteiger partial charge in [0.25, 0.3) is 0 Å². The Kier molecular flexibility index (Phi) is 3.72. The summed E-state index contributed by atoms with van der Waals surface area (Å²) in [7, 11) is 0. The van der Waals surface area contributed by atoms with Gasteiger partial charge in [0.05, 0.1) is 5.69 Å². The zero-order chi connectivity index (χ0) is 11.4. The van der Waals surface area contributed by atoms with Crippen LogP contribution in [0.3, 0.4) is 0 Å². The van der Waals surface area contributed by atoms with E-state index in [1.54, 1.807) is 0 Å². The fraction of sp³-hybridized carbons (Fsp3) is 0.333. The van der Waals surface area contributed by atoms with Crippen molar-refractivity contribution in [1.82, 2.24) is 0 Å². The van der Waals surface area contributed by atoms with E-state index in [0.717, 1.165) is 29.4 Å². The molecule has 0 saturated heterocycles. The molecule has 0 aliphatic heterocycles. The molecule has 1 aromatic carbocycles. The normalized spacial score (nSPS) is 18.8. The van der Waals surface area contributed by atoms with Gasteiger partial charge in [-0.25, -0.2) is 0 Å². The Morgan fingerprint density at radius 1 is 1.19 bits per heavy atom. The monoisotopic (exact) mass is 280 g/mol. The highest BCUT2D eigenvalue weighted by Crippen LogP contribution is 2.21. The smallest absolute Gasteiger partial charge is 0.178 e. The summed E-state index contributed by atoms with van der Waals surface area (Å²) in [6, 6.07) is 7.72. The molecule has 1 aliphatic rings. The number of Topliss-reactive ketones (excluding diaryl/α,β-unsaturated/α-hetero) is 1. The molecule has 1 aromatic rings. The summed E-state index contributed by atoms with van der Waals surface area (Å²) in [6.45, 7) is 0. The van der Waals surface area contributed by atoms with Crippen LogP contribution in [0.15, 0.2) is 33.8 Å². The van der Waals surface area contributed by atoms with Crippen LogP contribution in [0.1, 0.15) is 25.7 Å². The van der Waals surface area contributed by atoms with Crippen molar-refractivity contribution in [3.05, 3.63) is 28.7 Å². The van der Waals surface area contributed by atoms with Crippen molar-refractivity contribution < 1.29 is 4.79 Å². The lowest BCUT2D eigenvalue weighted by Gasteiger charge is -2.11. The van der Waals surface area contributed by atoms with Crippen molar-refractivity contribution in [3.63, 3.8) is 0 Å². The van der Waals surface area contributed by atoms with Crippen molar-refractivity contribution in [3.8, 4) is 0 Å². The van der Waals surface area contributed by atoms with Gasteiger partial charge in [-0.1, -0.05) is 12.1 Å². The van der Waals surface area contributed by atoms with Crippen molar-refractivity contribution in [2.75, 3.05) is 5.43 Å². The minimum Gasteiger partial charge on any atom is -0.293 e. The van der Waals surface area contributed by atoms with Gasteiger partial charge in [0.15, 0.2) is 5.78 Å². The van der Waals surface area contributed by atoms with Crippen LogP contribution >= 0.6 is 15.9 Å². The van der Waals surface area contributed by atoms with Gasteiger partial charge in [0.1, 0.15) is 5.71 Å². The van der Waals surface area contributed by atoms with Crippen molar-refractivity contribution >= 4 is 33.1 Å². The molecule has 84 valence electrons. The van der Waals surface area contributed by atoms with Gasteiger partial charge >= 0.3 is 0 Å². The summed E-state index contributed by atoms with van der Waals surface area (Å²) in [5.74, 6) is 0.172. The van der Waals surface area contributed by atoms with Crippen LogP contribution in [-0.4, -0.2) is 11.5 Å². The summed E-state index contributed by atoms with van der Waals surface area (Å²) in [5, 5.41) is 4.18. The Morgan fingerprint density at radius 3 is 2.69 bits per heavy atom. The van der Waals surface area contributed by atoms with Gasteiger partial charge < -0.3 is 0 Å². The fourth-order valence-electron chi connectivity index (χ4n) is 1.66. The van der Waals surface area contributed by atoms with E-state index in [4.69, 9.17) is 0 Å². The number of ketones is 1. The minimum atomic E-state index is 0.172. The molecular weight excluding hydrogens is 268 g/mol. The molecule has 2 rings (SSSR count). The van der Waals surface area contributed by atoms with E-state index < -0.39 is 0 Å². The number of halogens is 1. The first kappa shape index (κ1) is 11.3. The topological polar surface area (TPSA) is 41.5 Å². The highest BCUT2D eigenvalue weighted by molar-refractivity contribution is 9.10. The van der Waals surface area contributed by atoms with Gasteiger partial charge in [0.2, 0.25) is 0 Å². The third-order valence-electron chi connectivity index (χ3n) is 2.57. The molecule has 0 bridgehead atoms. The van der Waals surface area contributed by atoms with Crippen LogP contribution in [0.5, 0.6) is 0 Å². The Morgan fingerprint density at radius 2 is 1.94 bits per heavy atom. The molecule has 0 heterocycles. The average molecular weight is 281 g/mol. The van der Waals surface area contributed by atoms with Crippen LogP contribution in [0.4, 0.5) is 5.69 Å². The molecule has 3 nitrogen and oxygen atoms in total. The Bertz CT molecular complexity index is 429. The number of hydrogen-bond acceptors (Lipinski definition) is 3. The van der Waals surface area contributed by atoms with E-state index in [2.05, 4.69) is 26.5 Å². The average Bonchev–Trinajstić information content (AvgIpc) is 2.30. The number of nitrogens with zero attached hydrogens (tertiary/aromatic N) is 1. The number of anilines is 1. The lowest BCUT2D eigenvalue weighted by molar-refractivity contribution is -0.113. The maximum atomic E-state index is 11.5. The van der Waals surface area contributed by atoms with E-state index in [-0.39, 0.29) is 5.78 Å². The van der Waals surface area contributed by atoms with Crippen LogP contribution < -0.4 is 5.43 Å². The highest BCUT2D eigenvalue weighted by atomic mass is 79.9. The Labute approximate surface area is 103 Å². The minimum absolute atomic E-state index is 0.172. The summed E-state index contributed by atoms with van der Waals surface area (Å²) in [6.07, 6.45) is 3.47. The summed E-state index contributed by atoms with van der Waals surface area (Å²) >= 11 is 3.42. The van der Waals surface area contributed by atoms with E-state index in [0.29, 0.717) is 12.1 Å². The van der Waals surface area contributed by atoms with Crippen LogP contribution in [0, 0.1) is 0 Å². The van der Waals surface area contributed by atoms with Crippen molar-refractivity contribution in [2.24, 2.45) is 5.10 Å². The van der Waals surface area contributed by atoms with Crippen LogP contribution in [0.2, 0.25) is 0 Å². The molecule has 0 radical (unpaired) electrons. The van der Waals surface area contributed by atoms with Gasteiger partial charge in [0, 0.05) is 10.9 Å². The predicted molar refractivity (Wildman–Crippen MR) is 68.7 cm³/mol. The molecule has 0 aromatic heterocycles. The fourth-order valence-corrected chi connectivity index (χ4v) is 2.03. The summed E-state index contributed by atoms with van der Waals surface area (Å²) in [4.78, 5) is 11.5.